The van der Waals surface area contributed by atoms with E-state index in [0.717, 1.165) is 0 Å². The van der Waals surface area contributed by atoms with Crippen molar-refractivity contribution in [3.63, 3.8) is 0 Å². The Morgan fingerprint density at radius 1 is 1.24 bits per heavy atom. The van der Waals surface area contributed by atoms with Gasteiger partial charge in [-0.25, -0.2) is 0 Å². The van der Waals surface area contributed by atoms with Crippen LogP contribution in [0.5, 0.6) is 5.88 Å². The maximum Gasteiger partial charge on any atom is 0.270 e. The molecule has 10 heteroatoms. The fraction of sp³-hybridized carbons (Fsp3) is 0.0526. The second kappa shape index (κ2) is 7.13. The van der Waals surface area contributed by atoms with Gasteiger partial charge in [-0.15, -0.1) is 5.10 Å². The van der Waals surface area contributed by atoms with Crippen molar-refractivity contribution in [1.29, 1.82) is 5.26 Å². The largest absolute Gasteiger partial charge is 0.420 e. The van der Waals surface area contributed by atoms with Gasteiger partial charge in [-0.05, 0) is 17.7 Å². The molecule has 3 N–H and O–H groups in total. The topological polar surface area (TPSA) is 131 Å². The van der Waals surface area contributed by atoms with Gasteiger partial charge in [0.1, 0.15) is 11.6 Å². The van der Waals surface area contributed by atoms with Crippen LogP contribution < -0.4 is 10.5 Å². The van der Waals surface area contributed by atoms with Crippen LogP contribution in [0.2, 0.25) is 10.0 Å². The van der Waals surface area contributed by atoms with Crippen LogP contribution in [0.1, 0.15) is 17.0 Å². The van der Waals surface area contributed by atoms with Crippen LogP contribution in [-0.2, 0) is 0 Å². The summed E-state index contributed by atoms with van der Waals surface area (Å²) in [6.07, 6.45) is 0. The summed E-state index contributed by atoms with van der Waals surface area (Å²) < 4.78 is 5.52. The summed E-state index contributed by atoms with van der Waals surface area (Å²) in [4.78, 5) is 10.7. The lowest BCUT2D eigenvalue weighted by atomic mass is 9.83. The molecule has 3 aromatic rings. The lowest BCUT2D eigenvalue weighted by Gasteiger charge is -2.24. The van der Waals surface area contributed by atoms with Gasteiger partial charge in [0.2, 0.25) is 11.8 Å². The molecule has 0 spiro atoms. The van der Waals surface area contributed by atoms with Gasteiger partial charge in [-0.3, -0.25) is 15.2 Å². The quantitative estimate of drug-likeness (QED) is 0.466. The van der Waals surface area contributed by atoms with E-state index >= 15 is 0 Å². The number of fused-ring (bicyclic) bond motifs is 1. The Morgan fingerprint density at radius 3 is 2.72 bits per heavy atom. The number of hydrogen-bond acceptors (Lipinski definition) is 6. The summed E-state index contributed by atoms with van der Waals surface area (Å²) >= 11 is 12.2. The van der Waals surface area contributed by atoms with Crippen LogP contribution >= 0.6 is 23.2 Å². The molecule has 0 saturated carbocycles. The lowest BCUT2D eigenvalue weighted by molar-refractivity contribution is -0.384. The van der Waals surface area contributed by atoms with E-state index in [1.807, 2.05) is 0 Å². The molecule has 1 aromatic heterocycles. The highest BCUT2D eigenvalue weighted by atomic mass is 35.5. The molecule has 0 bridgehead atoms. The van der Waals surface area contributed by atoms with Crippen molar-refractivity contribution in [3.05, 3.63) is 85.2 Å². The average molecular weight is 428 g/mol. The summed E-state index contributed by atoms with van der Waals surface area (Å²) in [5, 5.41) is 28.5. The van der Waals surface area contributed by atoms with Crippen molar-refractivity contribution >= 4 is 28.9 Å². The molecule has 0 amide bonds. The first kappa shape index (κ1) is 18.8. The number of nitro groups is 1. The molecule has 0 radical (unpaired) electrons. The number of H-pyrrole nitrogens is 1. The minimum atomic E-state index is -0.647. The fourth-order valence-electron chi connectivity index (χ4n) is 3.27. The van der Waals surface area contributed by atoms with E-state index in [0.29, 0.717) is 32.4 Å². The number of nitriles is 1. The van der Waals surface area contributed by atoms with Gasteiger partial charge in [0, 0.05) is 17.7 Å². The van der Waals surface area contributed by atoms with Gasteiger partial charge in [0.25, 0.3) is 5.69 Å². The maximum absolute atomic E-state index is 11.2. The molecular weight excluding hydrogens is 417 g/mol. The number of nitro benzene ring substituents is 1. The predicted molar refractivity (Wildman–Crippen MR) is 106 cm³/mol. The second-order valence-corrected chi connectivity index (χ2v) is 7.04. The van der Waals surface area contributed by atoms with E-state index in [2.05, 4.69) is 16.3 Å². The molecule has 2 heterocycles. The molecule has 29 heavy (non-hydrogen) atoms. The monoisotopic (exact) mass is 427 g/mol. The molecule has 0 saturated heterocycles. The summed E-state index contributed by atoms with van der Waals surface area (Å²) in [5.41, 5.74) is 8.19. The van der Waals surface area contributed by atoms with Gasteiger partial charge in [-0.2, -0.15) is 5.26 Å². The van der Waals surface area contributed by atoms with Crippen molar-refractivity contribution in [1.82, 2.24) is 10.2 Å². The number of non-ortho nitro benzene ring substituents is 1. The number of aromatic amines is 1. The molecule has 144 valence electrons. The van der Waals surface area contributed by atoms with Gasteiger partial charge in [0.05, 0.1) is 32.1 Å². The van der Waals surface area contributed by atoms with E-state index in [-0.39, 0.29) is 23.0 Å². The third-order valence-corrected chi connectivity index (χ3v) is 5.30. The zero-order chi connectivity index (χ0) is 20.7. The van der Waals surface area contributed by atoms with Gasteiger partial charge >= 0.3 is 0 Å². The van der Waals surface area contributed by atoms with E-state index in [4.69, 9.17) is 33.7 Å². The Balaban J connectivity index is 1.95. The number of nitrogens with zero attached hydrogens (tertiary/aromatic N) is 3. The third-order valence-electron chi connectivity index (χ3n) is 4.56. The number of hydrogen-bond donors (Lipinski definition) is 2. The molecule has 0 fully saturated rings. The zero-order valence-corrected chi connectivity index (χ0v) is 16.0. The molecule has 2 aromatic carbocycles. The summed E-state index contributed by atoms with van der Waals surface area (Å²) in [7, 11) is 0. The molecular formula is C19H11Cl2N5O3. The number of allylic oxidation sites excluding steroid dienone is 1. The highest BCUT2D eigenvalue weighted by Crippen LogP contribution is 2.46. The van der Waals surface area contributed by atoms with Crippen molar-refractivity contribution in [2.45, 2.75) is 5.92 Å². The standard InChI is InChI=1S/C19H11Cl2N5O3/c20-13-5-4-9(7-14(13)21)15-12(8-22)18(23)29-19-16(15)17(24-25-19)10-2-1-3-11(6-10)26(27)28/h1-7,15H,23H2,(H,24,25). The number of halogens is 2. The molecule has 1 atom stereocenters. The van der Waals surface area contributed by atoms with Crippen LogP contribution in [0.4, 0.5) is 5.69 Å². The second-order valence-electron chi connectivity index (χ2n) is 6.22. The van der Waals surface area contributed by atoms with Crippen molar-refractivity contribution in [3.8, 4) is 23.2 Å². The van der Waals surface area contributed by atoms with Gasteiger partial charge in [-0.1, -0.05) is 41.4 Å². The molecule has 8 nitrogen and oxygen atoms in total. The Bertz CT molecular complexity index is 1230. The zero-order valence-electron chi connectivity index (χ0n) is 14.5. The van der Waals surface area contributed by atoms with Crippen LogP contribution in [0.3, 0.4) is 0 Å². The first-order chi connectivity index (χ1) is 13.9. The molecule has 1 aliphatic rings. The van der Waals surface area contributed by atoms with Crippen molar-refractivity contribution < 1.29 is 9.66 Å². The molecule has 1 unspecified atom stereocenters. The fourth-order valence-corrected chi connectivity index (χ4v) is 3.57. The highest BCUT2D eigenvalue weighted by Gasteiger charge is 2.36. The molecule has 1 aliphatic heterocycles. The number of benzene rings is 2. The molecule has 0 aliphatic carbocycles. The number of rotatable bonds is 3. The van der Waals surface area contributed by atoms with Crippen LogP contribution in [0.25, 0.3) is 11.3 Å². The number of ether oxygens (including phenoxy) is 1. The summed E-state index contributed by atoms with van der Waals surface area (Å²) in [6, 6.07) is 13.1. The first-order valence-electron chi connectivity index (χ1n) is 8.26. The Morgan fingerprint density at radius 2 is 2.03 bits per heavy atom. The van der Waals surface area contributed by atoms with Crippen LogP contribution in [0.15, 0.2) is 53.9 Å². The summed E-state index contributed by atoms with van der Waals surface area (Å²) in [5.74, 6) is -0.543. The minimum Gasteiger partial charge on any atom is -0.420 e. The minimum absolute atomic E-state index is 0.0758. The van der Waals surface area contributed by atoms with Crippen molar-refractivity contribution in [2.75, 3.05) is 0 Å². The Labute approximate surface area is 174 Å². The van der Waals surface area contributed by atoms with E-state index in [1.165, 1.54) is 12.1 Å². The Hall–Kier alpha value is -3.54. The normalized spacial score (nSPS) is 15.4. The van der Waals surface area contributed by atoms with Gasteiger partial charge < -0.3 is 10.5 Å². The van der Waals surface area contributed by atoms with Crippen molar-refractivity contribution in [2.24, 2.45) is 5.73 Å². The highest BCUT2D eigenvalue weighted by molar-refractivity contribution is 6.42. The predicted octanol–water partition coefficient (Wildman–Crippen LogP) is 4.51. The first-order valence-corrected chi connectivity index (χ1v) is 9.02. The molecule has 4 rings (SSSR count). The van der Waals surface area contributed by atoms with Crippen LogP contribution in [-0.4, -0.2) is 15.1 Å². The number of aromatic nitrogens is 2. The van der Waals surface area contributed by atoms with Gasteiger partial charge in [0.15, 0.2) is 0 Å². The van der Waals surface area contributed by atoms with Crippen LogP contribution in [0, 0.1) is 21.4 Å². The number of nitrogens with one attached hydrogen (secondary N) is 1. The average Bonchev–Trinajstić information content (AvgIpc) is 3.12. The summed E-state index contributed by atoms with van der Waals surface area (Å²) in [6.45, 7) is 0. The third kappa shape index (κ3) is 3.16. The lowest BCUT2D eigenvalue weighted by Crippen LogP contribution is -2.21. The maximum atomic E-state index is 11.2. The number of nitrogens with two attached hydrogens (primary N) is 1. The van der Waals surface area contributed by atoms with E-state index in [9.17, 15) is 15.4 Å². The van der Waals surface area contributed by atoms with E-state index < -0.39 is 10.8 Å². The smallest absolute Gasteiger partial charge is 0.270 e. The SMILES string of the molecule is N#CC1=C(N)Oc2n[nH]c(-c3cccc([N+](=O)[O-])c3)c2C1c1ccc(Cl)c(Cl)c1. The van der Waals surface area contributed by atoms with E-state index in [1.54, 1.807) is 30.3 Å². The Kier molecular flexibility index (Phi) is 4.62.